The number of carbonyl (C=O) groups excluding carboxylic acids is 1. The number of nitrogens with zero attached hydrogens (tertiary/aromatic N) is 1. The normalized spacial score (nSPS) is 11.0. The van der Waals surface area contributed by atoms with Crippen molar-refractivity contribution in [3.63, 3.8) is 0 Å². The third-order valence-electron chi connectivity index (χ3n) is 1.77. The molecule has 0 saturated heterocycles. The Morgan fingerprint density at radius 3 is 2.82 bits per heavy atom. The summed E-state index contributed by atoms with van der Waals surface area (Å²) in [5, 5.41) is 2.21. The van der Waals surface area contributed by atoms with E-state index >= 15 is 0 Å². The number of alkyl carbamates (subject to hydrolysis) is 1. The first-order chi connectivity index (χ1) is 7.97. The third-order valence-corrected chi connectivity index (χ3v) is 1.77. The zero-order chi connectivity index (χ0) is 12.7. The van der Waals surface area contributed by atoms with Gasteiger partial charge < -0.3 is 10.1 Å². The Kier molecular flexibility index (Phi) is 4.74. The van der Waals surface area contributed by atoms with E-state index in [4.69, 9.17) is 0 Å². The van der Waals surface area contributed by atoms with E-state index in [1.807, 2.05) is 0 Å². The molecule has 0 saturated carbocycles. The highest BCUT2D eigenvalue weighted by Gasteiger charge is 2.29. The summed E-state index contributed by atoms with van der Waals surface area (Å²) in [6.45, 7) is -1.38. The fourth-order valence-corrected chi connectivity index (χ4v) is 1.05. The molecule has 94 valence electrons. The first kappa shape index (κ1) is 13.3. The molecule has 0 fully saturated rings. The Balaban J connectivity index is 2.17. The highest BCUT2D eigenvalue weighted by molar-refractivity contribution is 5.67. The molecule has 0 aliphatic rings. The first-order valence-corrected chi connectivity index (χ1v) is 4.83. The molecule has 0 radical (unpaired) electrons. The molecule has 1 amide bonds. The molecule has 0 unspecified atom stereocenters. The Labute approximate surface area is 95.8 Å². The summed E-state index contributed by atoms with van der Waals surface area (Å²) in [5.74, 6) is 0. The van der Waals surface area contributed by atoms with E-state index in [-0.39, 0.29) is 6.54 Å². The van der Waals surface area contributed by atoms with E-state index in [9.17, 15) is 18.0 Å². The predicted molar refractivity (Wildman–Crippen MR) is 53.3 cm³/mol. The van der Waals surface area contributed by atoms with Crippen LogP contribution in [0.2, 0.25) is 0 Å². The second-order valence-electron chi connectivity index (χ2n) is 3.23. The van der Waals surface area contributed by atoms with Crippen molar-refractivity contribution in [3.8, 4) is 0 Å². The second kappa shape index (κ2) is 6.07. The van der Waals surface area contributed by atoms with Gasteiger partial charge >= 0.3 is 12.3 Å². The summed E-state index contributed by atoms with van der Waals surface area (Å²) in [5.41, 5.74) is 0.878. The minimum atomic E-state index is -4.50. The summed E-state index contributed by atoms with van der Waals surface area (Å²) in [6, 6.07) is 3.53. The molecule has 0 aliphatic heterocycles. The monoisotopic (exact) mass is 248 g/mol. The van der Waals surface area contributed by atoms with Gasteiger partial charge in [-0.05, 0) is 18.1 Å². The highest BCUT2D eigenvalue weighted by Crippen LogP contribution is 2.14. The van der Waals surface area contributed by atoms with Crippen LogP contribution in [0.25, 0.3) is 0 Å². The van der Waals surface area contributed by atoms with Crippen LogP contribution in [-0.2, 0) is 11.2 Å². The topological polar surface area (TPSA) is 51.2 Å². The van der Waals surface area contributed by atoms with Crippen molar-refractivity contribution in [2.45, 2.75) is 12.6 Å². The maximum Gasteiger partial charge on any atom is 0.422 e. The van der Waals surface area contributed by atoms with Gasteiger partial charge in [0.15, 0.2) is 6.61 Å². The van der Waals surface area contributed by atoms with Crippen LogP contribution in [0.3, 0.4) is 0 Å². The van der Waals surface area contributed by atoms with Gasteiger partial charge in [-0.15, -0.1) is 0 Å². The van der Waals surface area contributed by atoms with Gasteiger partial charge in [0.1, 0.15) is 0 Å². The fraction of sp³-hybridized carbons (Fsp3) is 0.400. The van der Waals surface area contributed by atoms with Crippen molar-refractivity contribution in [2.24, 2.45) is 0 Å². The number of ether oxygens (including phenoxy) is 1. The minimum absolute atomic E-state index is 0.197. The predicted octanol–water partition coefficient (Wildman–Crippen LogP) is 1.91. The zero-order valence-corrected chi connectivity index (χ0v) is 8.83. The lowest BCUT2D eigenvalue weighted by Crippen LogP contribution is -2.30. The molecule has 1 heterocycles. The molecule has 1 aromatic heterocycles. The lowest BCUT2D eigenvalue weighted by molar-refractivity contribution is -0.160. The molecule has 0 bridgehead atoms. The van der Waals surface area contributed by atoms with Crippen LogP contribution >= 0.6 is 0 Å². The fourth-order valence-electron chi connectivity index (χ4n) is 1.05. The van der Waals surface area contributed by atoms with E-state index in [0.29, 0.717) is 6.42 Å². The number of carbonyl (C=O) groups is 1. The van der Waals surface area contributed by atoms with Gasteiger partial charge in [0.05, 0.1) is 0 Å². The number of hydrogen-bond acceptors (Lipinski definition) is 3. The molecule has 7 heteroatoms. The standard InChI is InChI=1S/C10H11F3N2O2/c11-10(12,13)7-17-9(16)15-5-3-8-2-1-4-14-6-8/h1-2,4,6H,3,5,7H2,(H,15,16). The van der Waals surface area contributed by atoms with Crippen molar-refractivity contribution < 1.29 is 22.7 Å². The molecule has 0 spiro atoms. The Hall–Kier alpha value is -1.79. The number of nitrogens with one attached hydrogen (secondary N) is 1. The summed E-state index contributed by atoms with van der Waals surface area (Å²) < 4.78 is 39.0. The molecule has 0 aliphatic carbocycles. The summed E-state index contributed by atoms with van der Waals surface area (Å²) >= 11 is 0. The summed E-state index contributed by atoms with van der Waals surface area (Å²) in [6.07, 6.45) is -1.88. The quantitative estimate of drug-likeness (QED) is 0.885. The lowest BCUT2D eigenvalue weighted by atomic mass is 10.2. The minimum Gasteiger partial charge on any atom is -0.440 e. The van der Waals surface area contributed by atoms with E-state index in [2.05, 4.69) is 15.0 Å². The molecule has 1 N–H and O–H groups in total. The number of hydrogen-bond donors (Lipinski definition) is 1. The summed E-state index contributed by atoms with van der Waals surface area (Å²) in [4.78, 5) is 14.7. The van der Waals surface area contributed by atoms with Crippen molar-refractivity contribution in [2.75, 3.05) is 13.2 Å². The number of pyridine rings is 1. The average Bonchev–Trinajstić information content (AvgIpc) is 2.27. The Bertz CT molecular complexity index is 354. The molecule has 0 atom stereocenters. The van der Waals surface area contributed by atoms with E-state index in [1.165, 1.54) is 0 Å². The smallest absolute Gasteiger partial charge is 0.422 e. The van der Waals surface area contributed by atoms with Gasteiger partial charge in [-0.2, -0.15) is 13.2 Å². The van der Waals surface area contributed by atoms with Gasteiger partial charge in [0.25, 0.3) is 0 Å². The van der Waals surface area contributed by atoms with Crippen LogP contribution in [-0.4, -0.2) is 30.4 Å². The van der Waals surface area contributed by atoms with Crippen LogP contribution in [0.4, 0.5) is 18.0 Å². The number of rotatable bonds is 4. The van der Waals surface area contributed by atoms with Crippen LogP contribution in [0.5, 0.6) is 0 Å². The van der Waals surface area contributed by atoms with Crippen molar-refractivity contribution in [1.29, 1.82) is 0 Å². The van der Waals surface area contributed by atoms with Crippen LogP contribution in [0.15, 0.2) is 24.5 Å². The van der Waals surface area contributed by atoms with Crippen molar-refractivity contribution in [3.05, 3.63) is 30.1 Å². The zero-order valence-electron chi connectivity index (χ0n) is 8.83. The largest absolute Gasteiger partial charge is 0.440 e. The molecular formula is C10H11F3N2O2. The maximum atomic E-state index is 11.7. The molecule has 0 aromatic carbocycles. The molecular weight excluding hydrogens is 237 g/mol. The van der Waals surface area contributed by atoms with Crippen LogP contribution in [0.1, 0.15) is 5.56 Å². The van der Waals surface area contributed by atoms with Crippen molar-refractivity contribution >= 4 is 6.09 Å². The van der Waals surface area contributed by atoms with Crippen molar-refractivity contribution in [1.82, 2.24) is 10.3 Å². The number of alkyl halides is 3. The van der Waals surface area contributed by atoms with Gasteiger partial charge in [-0.25, -0.2) is 4.79 Å². The van der Waals surface area contributed by atoms with E-state index < -0.39 is 18.9 Å². The number of amides is 1. The van der Waals surface area contributed by atoms with Gasteiger partial charge in [-0.1, -0.05) is 6.07 Å². The highest BCUT2D eigenvalue weighted by atomic mass is 19.4. The van der Waals surface area contributed by atoms with Crippen LogP contribution in [0, 0.1) is 0 Å². The van der Waals surface area contributed by atoms with Gasteiger partial charge in [0, 0.05) is 18.9 Å². The SMILES string of the molecule is O=C(NCCc1cccnc1)OCC(F)(F)F. The number of halogens is 3. The van der Waals surface area contributed by atoms with E-state index in [0.717, 1.165) is 5.56 Å². The van der Waals surface area contributed by atoms with E-state index in [1.54, 1.807) is 24.5 Å². The Morgan fingerprint density at radius 1 is 1.47 bits per heavy atom. The lowest BCUT2D eigenvalue weighted by Gasteiger charge is -2.08. The maximum absolute atomic E-state index is 11.7. The second-order valence-corrected chi connectivity index (χ2v) is 3.23. The Morgan fingerprint density at radius 2 is 2.24 bits per heavy atom. The number of aromatic nitrogens is 1. The van der Waals surface area contributed by atoms with Gasteiger partial charge in [0.2, 0.25) is 0 Å². The first-order valence-electron chi connectivity index (χ1n) is 4.83. The molecule has 4 nitrogen and oxygen atoms in total. The molecule has 17 heavy (non-hydrogen) atoms. The summed E-state index contributed by atoms with van der Waals surface area (Å²) in [7, 11) is 0. The average molecular weight is 248 g/mol. The van der Waals surface area contributed by atoms with Crippen LogP contribution < -0.4 is 5.32 Å². The molecule has 1 aromatic rings. The van der Waals surface area contributed by atoms with Gasteiger partial charge in [-0.3, -0.25) is 4.98 Å². The third kappa shape index (κ3) is 6.39. The molecule has 1 rings (SSSR count).